The molecule has 2 rings (SSSR count). The average Bonchev–Trinajstić information content (AvgIpc) is 2.45. The van der Waals surface area contributed by atoms with Crippen LogP contribution in [0.1, 0.15) is 38.2 Å². The molecule has 0 aliphatic heterocycles. The standard InChI is InChI=1S/C15H20N2O2S/c1-12-5-4-6-13(9-12)11-17-20(18,19)15-8-3-2-7-14(15)10-16/h2-3,7-8,12-13,17H,4-6,9,11H2,1H3. The molecule has 1 aromatic carbocycles. The molecule has 0 aromatic heterocycles. The summed E-state index contributed by atoms with van der Waals surface area (Å²) in [6, 6.07) is 8.23. The molecule has 20 heavy (non-hydrogen) atoms. The zero-order valence-corrected chi connectivity index (χ0v) is 12.5. The average molecular weight is 292 g/mol. The van der Waals surface area contributed by atoms with Gasteiger partial charge < -0.3 is 0 Å². The lowest BCUT2D eigenvalue weighted by Gasteiger charge is -2.26. The van der Waals surface area contributed by atoms with Crippen LogP contribution >= 0.6 is 0 Å². The van der Waals surface area contributed by atoms with Crippen LogP contribution in [0.4, 0.5) is 0 Å². The van der Waals surface area contributed by atoms with Gasteiger partial charge in [0.15, 0.2) is 0 Å². The summed E-state index contributed by atoms with van der Waals surface area (Å²) in [5.74, 6) is 1.08. The second-order valence-corrected chi connectivity index (χ2v) is 7.33. The van der Waals surface area contributed by atoms with Crippen LogP contribution in [-0.4, -0.2) is 15.0 Å². The van der Waals surface area contributed by atoms with Crippen LogP contribution in [0.5, 0.6) is 0 Å². The van der Waals surface area contributed by atoms with Gasteiger partial charge in [-0.1, -0.05) is 31.9 Å². The van der Waals surface area contributed by atoms with E-state index in [1.807, 2.05) is 6.07 Å². The van der Waals surface area contributed by atoms with E-state index < -0.39 is 10.0 Å². The molecule has 1 N–H and O–H groups in total. The van der Waals surface area contributed by atoms with Gasteiger partial charge >= 0.3 is 0 Å². The van der Waals surface area contributed by atoms with Crippen LogP contribution in [0.2, 0.25) is 0 Å². The molecule has 4 nitrogen and oxygen atoms in total. The highest BCUT2D eigenvalue weighted by Gasteiger charge is 2.23. The van der Waals surface area contributed by atoms with Gasteiger partial charge in [-0.3, -0.25) is 0 Å². The van der Waals surface area contributed by atoms with Gasteiger partial charge in [-0.05, 0) is 36.8 Å². The predicted octanol–water partition coefficient (Wildman–Crippen LogP) is 2.66. The van der Waals surface area contributed by atoms with E-state index in [1.54, 1.807) is 12.1 Å². The summed E-state index contributed by atoms with van der Waals surface area (Å²) in [5.41, 5.74) is 0.192. The number of nitriles is 1. The minimum atomic E-state index is -3.59. The van der Waals surface area contributed by atoms with Crippen molar-refractivity contribution in [3.63, 3.8) is 0 Å². The monoisotopic (exact) mass is 292 g/mol. The van der Waals surface area contributed by atoms with Crippen LogP contribution in [0, 0.1) is 23.2 Å². The summed E-state index contributed by atoms with van der Waals surface area (Å²) < 4.78 is 27.2. The Morgan fingerprint density at radius 1 is 1.35 bits per heavy atom. The maximum Gasteiger partial charge on any atom is 0.241 e. The van der Waals surface area contributed by atoms with E-state index in [9.17, 15) is 8.42 Å². The van der Waals surface area contributed by atoms with Crippen molar-refractivity contribution in [2.24, 2.45) is 11.8 Å². The van der Waals surface area contributed by atoms with Gasteiger partial charge in [-0.15, -0.1) is 0 Å². The fourth-order valence-corrected chi connectivity index (χ4v) is 4.12. The van der Waals surface area contributed by atoms with Crippen molar-refractivity contribution in [3.05, 3.63) is 29.8 Å². The summed E-state index contributed by atoms with van der Waals surface area (Å²) in [6.45, 7) is 2.68. The van der Waals surface area contributed by atoms with Gasteiger partial charge in [-0.25, -0.2) is 13.1 Å². The Balaban J connectivity index is 2.06. The maximum absolute atomic E-state index is 12.3. The summed E-state index contributed by atoms with van der Waals surface area (Å²) in [7, 11) is -3.59. The topological polar surface area (TPSA) is 70.0 Å². The zero-order chi connectivity index (χ0) is 14.6. The first-order chi connectivity index (χ1) is 9.53. The van der Waals surface area contributed by atoms with Crippen LogP contribution in [-0.2, 0) is 10.0 Å². The zero-order valence-electron chi connectivity index (χ0n) is 11.7. The lowest BCUT2D eigenvalue weighted by molar-refractivity contribution is 0.283. The van der Waals surface area contributed by atoms with Gasteiger partial charge in [0, 0.05) is 6.54 Å². The third-order valence-corrected chi connectivity index (χ3v) is 5.39. The fourth-order valence-electron chi connectivity index (χ4n) is 2.84. The fraction of sp³-hybridized carbons (Fsp3) is 0.533. The van der Waals surface area contributed by atoms with Crippen molar-refractivity contribution in [2.75, 3.05) is 6.54 Å². The molecule has 1 saturated carbocycles. The summed E-state index contributed by atoms with van der Waals surface area (Å²) in [6.07, 6.45) is 4.55. The number of hydrogen-bond donors (Lipinski definition) is 1. The number of rotatable bonds is 4. The number of benzene rings is 1. The third-order valence-electron chi connectivity index (χ3n) is 3.90. The molecule has 0 saturated heterocycles. The van der Waals surface area contributed by atoms with E-state index in [4.69, 9.17) is 5.26 Å². The Morgan fingerprint density at radius 2 is 2.10 bits per heavy atom. The molecule has 1 aliphatic carbocycles. The normalized spacial score (nSPS) is 23.2. The van der Waals surface area contributed by atoms with Gasteiger partial charge in [0.1, 0.15) is 6.07 Å². The summed E-state index contributed by atoms with van der Waals surface area (Å²) >= 11 is 0. The number of nitrogens with zero attached hydrogens (tertiary/aromatic N) is 1. The van der Waals surface area contributed by atoms with E-state index in [-0.39, 0.29) is 10.5 Å². The molecule has 5 heteroatoms. The van der Waals surface area contributed by atoms with Crippen molar-refractivity contribution < 1.29 is 8.42 Å². The van der Waals surface area contributed by atoms with E-state index in [2.05, 4.69) is 11.6 Å². The van der Waals surface area contributed by atoms with Crippen LogP contribution in [0.15, 0.2) is 29.2 Å². The molecule has 108 valence electrons. The van der Waals surface area contributed by atoms with Gasteiger partial charge in [-0.2, -0.15) is 5.26 Å². The Morgan fingerprint density at radius 3 is 2.80 bits per heavy atom. The quantitative estimate of drug-likeness (QED) is 0.927. The van der Waals surface area contributed by atoms with E-state index in [0.29, 0.717) is 18.4 Å². The van der Waals surface area contributed by atoms with Crippen molar-refractivity contribution >= 4 is 10.0 Å². The third kappa shape index (κ3) is 3.59. The largest absolute Gasteiger partial charge is 0.241 e. The van der Waals surface area contributed by atoms with Crippen molar-refractivity contribution in [3.8, 4) is 6.07 Å². The van der Waals surface area contributed by atoms with E-state index >= 15 is 0 Å². The van der Waals surface area contributed by atoms with E-state index in [0.717, 1.165) is 12.8 Å². The Labute approximate surface area is 120 Å². The van der Waals surface area contributed by atoms with Crippen molar-refractivity contribution in [1.29, 1.82) is 5.26 Å². The first-order valence-corrected chi connectivity index (χ1v) is 8.50. The predicted molar refractivity (Wildman–Crippen MR) is 77.5 cm³/mol. The molecule has 1 aromatic rings. The minimum absolute atomic E-state index is 0.0753. The van der Waals surface area contributed by atoms with Crippen molar-refractivity contribution in [1.82, 2.24) is 4.72 Å². The lowest BCUT2D eigenvalue weighted by atomic mass is 9.83. The molecule has 2 atom stereocenters. The molecule has 1 fully saturated rings. The first kappa shape index (κ1) is 15.0. The lowest BCUT2D eigenvalue weighted by Crippen LogP contribution is -2.31. The van der Waals surface area contributed by atoms with Gasteiger partial charge in [0.2, 0.25) is 10.0 Å². The molecule has 0 spiro atoms. The highest BCUT2D eigenvalue weighted by atomic mass is 32.2. The van der Waals surface area contributed by atoms with Crippen LogP contribution in [0.25, 0.3) is 0 Å². The highest BCUT2D eigenvalue weighted by molar-refractivity contribution is 7.89. The van der Waals surface area contributed by atoms with Crippen LogP contribution < -0.4 is 4.72 Å². The second kappa shape index (κ2) is 6.38. The molecular weight excluding hydrogens is 272 g/mol. The SMILES string of the molecule is CC1CCCC(CNS(=O)(=O)c2ccccc2C#N)C1. The van der Waals surface area contributed by atoms with Gasteiger partial charge in [0.25, 0.3) is 0 Å². The molecular formula is C15H20N2O2S. The van der Waals surface area contributed by atoms with E-state index in [1.165, 1.54) is 25.0 Å². The molecule has 0 radical (unpaired) electrons. The minimum Gasteiger partial charge on any atom is -0.211 e. The first-order valence-electron chi connectivity index (χ1n) is 7.01. The Kier molecular flexibility index (Phi) is 4.79. The number of sulfonamides is 1. The van der Waals surface area contributed by atoms with Crippen molar-refractivity contribution in [2.45, 2.75) is 37.5 Å². The maximum atomic E-state index is 12.3. The highest BCUT2D eigenvalue weighted by Crippen LogP contribution is 2.28. The number of hydrogen-bond acceptors (Lipinski definition) is 3. The number of nitrogens with one attached hydrogen (secondary N) is 1. The summed E-state index contributed by atoms with van der Waals surface area (Å²) in [5, 5.41) is 8.99. The Hall–Kier alpha value is -1.38. The molecule has 2 unspecified atom stereocenters. The molecule has 0 bridgehead atoms. The van der Waals surface area contributed by atoms with Crippen LogP contribution in [0.3, 0.4) is 0 Å². The molecule has 1 aliphatic rings. The molecule has 0 amide bonds. The summed E-state index contributed by atoms with van der Waals surface area (Å²) in [4.78, 5) is 0.0753. The Bertz CT molecular complexity index is 605. The molecule has 0 heterocycles. The second-order valence-electron chi connectivity index (χ2n) is 5.60. The smallest absolute Gasteiger partial charge is 0.211 e. The van der Waals surface area contributed by atoms with Gasteiger partial charge in [0.05, 0.1) is 10.5 Å².